The molecule has 2 nitrogen and oxygen atoms in total. The molecule has 0 aromatic heterocycles. The molecule has 0 aliphatic rings. The van der Waals surface area contributed by atoms with Crippen molar-refractivity contribution in [3.8, 4) is 0 Å². The Morgan fingerprint density at radius 2 is 1.93 bits per heavy atom. The van der Waals surface area contributed by atoms with Crippen LogP contribution in [0.1, 0.15) is 26.3 Å². The van der Waals surface area contributed by atoms with Gasteiger partial charge in [-0.25, -0.2) is 4.39 Å². The molecule has 1 aromatic carbocycles. The smallest absolute Gasteiger partial charge is 0.311 e. The fourth-order valence-electron chi connectivity index (χ4n) is 0.975. The first-order valence-electron chi connectivity index (χ1n) is 4.82. The maximum Gasteiger partial charge on any atom is 0.311 e. The zero-order valence-electron chi connectivity index (χ0n) is 9.21. The van der Waals surface area contributed by atoms with Gasteiger partial charge in [0.25, 0.3) is 0 Å². The van der Waals surface area contributed by atoms with Crippen LogP contribution < -0.4 is 0 Å². The first kappa shape index (κ1) is 11.7. The number of hydrogen-bond acceptors (Lipinski definition) is 2. The summed E-state index contributed by atoms with van der Waals surface area (Å²) in [6.45, 7) is 5.27. The van der Waals surface area contributed by atoms with Crippen molar-refractivity contribution >= 4 is 5.97 Å². The predicted molar refractivity (Wildman–Crippen MR) is 55.7 cm³/mol. The summed E-state index contributed by atoms with van der Waals surface area (Å²) < 4.78 is 18.1. The number of carbonyl (C=O) groups is 1. The molecule has 1 rings (SSSR count). The van der Waals surface area contributed by atoms with E-state index in [1.807, 2.05) is 0 Å². The third-order valence-corrected chi connectivity index (χ3v) is 1.93. The van der Waals surface area contributed by atoms with Crippen LogP contribution in [-0.4, -0.2) is 5.97 Å². The van der Waals surface area contributed by atoms with E-state index in [9.17, 15) is 9.18 Å². The molecule has 15 heavy (non-hydrogen) atoms. The third kappa shape index (κ3) is 3.35. The van der Waals surface area contributed by atoms with E-state index < -0.39 is 5.41 Å². The van der Waals surface area contributed by atoms with E-state index in [0.29, 0.717) is 5.56 Å². The lowest BCUT2D eigenvalue weighted by Gasteiger charge is -2.16. The minimum atomic E-state index is -0.550. The van der Waals surface area contributed by atoms with Crippen LogP contribution in [-0.2, 0) is 16.1 Å². The average molecular weight is 210 g/mol. The van der Waals surface area contributed by atoms with E-state index in [0.717, 1.165) is 0 Å². The number of hydrogen-bond donors (Lipinski definition) is 0. The highest BCUT2D eigenvalue weighted by Crippen LogP contribution is 2.17. The maximum absolute atomic E-state index is 13.1. The molecule has 0 aliphatic carbocycles. The van der Waals surface area contributed by atoms with Crippen LogP contribution in [0.2, 0.25) is 0 Å². The van der Waals surface area contributed by atoms with Crippen molar-refractivity contribution in [3.63, 3.8) is 0 Å². The van der Waals surface area contributed by atoms with Crippen LogP contribution in [0.4, 0.5) is 4.39 Å². The van der Waals surface area contributed by atoms with E-state index in [4.69, 9.17) is 4.74 Å². The first-order chi connectivity index (χ1) is 6.91. The Labute approximate surface area is 89.1 Å². The molecule has 0 spiro atoms. The highest BCUT2D eigenvalue weighted by molar-refractivity contribution is 5.75. The van der Waals surface area contributed by atoms with Crippen LogP contribution >= 0.6 is 0 Å². The fraction of sp³-hybridized carbons (Fsp3) is 0.417. The molecule has 82 valence electrons. The molecular weight excluding hydrogens is 195 g/mol. The van der Waals surface area contributed by atoms with Gasteiger partial charge < -0.3 is 4.74 Å². The van der Waals surface area contributed by atoms with Gasteiger partial charge in [-0.3, -0.25) is 4.79 Å². The molecule has 0 fully saturated rings. The van der Waals surface area contributed by atoms with Gasteiger partial charge in [-0.2, -0.15) is 0 Å². The van der Waals surface area contributed by atoms with Crippen LogP contribution in [0.3, 0.4) is 0 Å². The highest BCUT2D eigenvalue weighted by atomic mass is 19.1. The van der Waals surface area contributed by atoms with E-state index in [1.165, 1.54) is 6.07 Å². The van der Waals surface area contributed by atoms with Gasteiger partial charge in [0.15, 0.2) is 0 Å². The lowest BCUT2D eigenvalue weighted by molar-refractivity contribution is -0.154. The Bertz CT molecular complexity index is 353. The maximum atomic E-state index is 13.1. The van der Waals surface area contributed by atoms with Crippen molar-refractivity contribution in [2.75, 3.05) is 0 Å². The normalized spacial score (nSPS) is 11.2. The Morgan fingerprint density at radius 1 is 1.33 bits per heavy atom. The molecule has 0 aliphatic heterocycles. The number of benzene rings is 1. The van der Waals surface area contributed by atoms with Crippen molar-refractivity contribution in [3.05, 3.63) is 35.6 Å². The van der Waals surface area contributed by atoms with Crippen LogP contribution in [0.5, 0.6) is 0 Å². The molecule has 0 radical (unpaired) electrons. The second-order valence-corrected chi connectivity index (χ2v) is 4.42. The van der Waals surface area contributed by atoms with Crippen LogP contribution in [0.15, 0.2) is 24.3 Å². The van der Waals surface area contributed by atoms with Crippen molar-refractivity contribution < 1.29 is 13.9 Å². The van der Waals surface area contributed by atoms with Gasteiger partial charge in [-0.1, -0.05) is 18.2 Å². The molecule has 0 N–H and O–H groups in total. The lowest BCUT2D eigenvalue weighted by Crippen LogP contribution is -2.22. The van der Waals surface area contributed by atoms with Gasteiger partial charge in [0.05, 0.1) is 5.41 Å². The number of esters is 1. The third-order valence-electron chi connectivity index (χ3n) is 1.93. The van der Waals surface area contributed by atoms with Crippen molar-refractivity contribution in [1.29, 1.82) is 0 Å². The SMILES string of the molecule is CC(C)(C)C(=O)OCc1ccccc1F. The first-order valence-corrected chi connectivity index (χ1v) is 4.82. The zero-order valence-corrected chi connectivity index (χ0v) is 9.21. The topological polar surface area (TPSA) is 26.3 Å². The quantitative estimate of drug-likeness (QED) is 0.701. The average Bonchev–Trinajstić information content (AvgIpc) is 2.14. The van der Waals surface area contributed by atoms with Gasteiger partial charge in [0.1, 0.15) is 12.4 Å². The molecule has 0 saturated carbocycles. The summed E-state index contributed by atoms with van der Waals surface area (Å²) in [5.41, 5.74) is -0.152. The summed E-state index contributed by atoms with van der Waals surface area (Å²) in [5, 5.41) is 0. The number of halogens is 1. The van der Waals surface area contributed by atoms with E-state index in [2.05, 4.69) is 0 Å². The molecule has 1 aromatic rings. The summed E-state index contributed by atoms with van der Waals surface area (Å²) >= 11 is 0. The molecule has 0 unspecified atom stereocenters. The minimum Gasteiger partial charge on any atom is -0.460 e. The summed E-state index contributed by atoms with van der Waals surface area (Å²) in [5.74, 6) is -0.676. The van der Waals surface area contributed by atoms with Crippen molar-refractivity contribution in [1.82, 2.24) is 0 Å². The Balaban J connectivity index is 2.59. The fourth-order valence-corrected chi connectivity index (χ4v) is 0.975. The van der Waals surface area contributed by atoms with Crippen molar-refractivity contribution in [2.45, 2.75) is 27.4 Å². The predicted octanol–water partition coefficient (Wildman–Crippen LogP) is 2.92. The second-order valence-electron chi connectivity index (χ2n) is 4.42. The molecule has 0 amide bonds. The summed E-state index contributed by atoms with van der Waals surface area (Å²) in [7, 11) is 0. The number of carbonyl (C=O) groups excluding carboxylic acids is 1. The van der Waals surface area contributed by atoms with Crippen LogP contribution in [0, 0.1) is 11.2 Å². The highest BCUT2D eigenvalue weighted by Gasteiger charge is 2.23. The Hall–Kier alpha value is -1.38. The van der Waals surface area contributed by atoms with E-state index in [1.54, 1.807) is 39.0 Å². The molecular formula is C12H15FO2. The van der Waals surface area contributed by atoms with Crippen molar-refractivity contribution in [2.24, 2.45) is 5.41 Å². The molecule has 0 heterocycles. The van der Waals surface area contributed by atoms with E-state index in [-0.39, 0.29) is 18.4 Å². The second kappa shape index (κ2) is 4.43. The molecule has 0 bridgehead atoms. The Morgan fingerprint density at radius 3 is 2.47 bits per heavy atom. The van der Waals surface area contributed by atoms with E-state index >= 15 is 0 Å². The van der Waals surface area contributed by atoms with Gasteiger partial charge >= 0.3 is 5.97 Å². The standard InChI is InChI=1S/C12H15FO2/c1-12(2,3)11(14)15-8-9-6-4-5-7-10(9)13/h4-7H,8H2,1-3H3. The van der Waals surface area contributed by atoms with Gasteiger partial charge in [-0.05, 0) is 26.8 Å². The number of rotatable bonds is 2. The molecule has 3 heteroatoms. The van der Waals surface area contributed by atoms with Crippen LogP contribution in [0.25, 0.3) is 0 Å². The summed E-state index contributed by atoms with van der Waals surface area (Å²) in [4.78, 5) is 11.4. The minimum absolute atomic E-state index is 0.0111. The molecule has 0 atom stereocenters. The number of ether oxygens (including phenoxy) is 1. The van der Waals surface area contributed by atoms with Gasteiger partial charge in [0, 0.05) is 5.56 Å². The Kier molecular flexibility index (Phi) is 3.45. The zero-order chi connectivity index (χ0) is 11.5. The monoisotopic (exact) mass is 210 g/mol. The summed E-state index contributed by atoms with van der Waals surface area (Å²) in [6.07, 6.45) is 0. The lowest BCUT2D eigenvalue weighted by atomic mass is 9.97. The summed E-state index contributed by atoms with van der Waals surface area (Å²) in [6, 6.07) is 6.26. The largest absolute Gasteiger partial charge is 0.460 e. The molecule has 0 saturated heterocycles. The van der Waals surface area contributed by atoms with Gasteiger partial charge in [-0.15, -0.1) is 0 Å². The van der Waals surface area contributed by atoms with Gasteiger partial charge in [0.2, 0.25) is 0 Å².